The Bertz CT molecular complexity index is 1100. The molecule has 0 saturated carbocycles. The molecule has 2 aromatic carbocycles. The number of amides is 1. The number of anilines is 1. The van der Waals surface area contributed by atoms with Gasteiger partial charge < -0.3 is 19.5 Å². The molecule has 8 nitrogen and oxygen atoms in total. The molecule has 3 rings (SSSR count). The lowest BCUT2D eigenvalue weighted by Gasteiger charge is -2.28. The zero-order chi connectivity index (χ0) is 23.5. The van der Waals surface area contributed by atoms with Crippen LogP contribution < -0.4 is 19.5 Å². The number of fused-ring (bicyclic) bond motifs is 1. The van der Waals surface area contributed by atoms with Crippen LogP contribution in [0.1, 0.15) is 18.1 Å². The van der Waals surface area contributed by atoms with E-state index in [1.54, 1.807) is 6.92 Å². The number of benzene rings is 2. The Labute approximate surface area is 182 Å². The second-order valence-corrected chi connectivity index (χ2v) is 8.49. The lowest BCUT2D eigenvalue weighted by molar-refractivity contribution is -0.137. The normalized spacial score (nSPS) is 15.8. The SMILES string of the molecule is CCOC(=O)NC1COc2c(S(=O)(=O)Nc3cccc(C(F)(F)F)c3)ccc(OC)c2C1. The summed E-state index contributed by atoms with van der Waals surface area (Å²) in [6.07, 6.45) is -5.06. The van der Waals surface area contributed by atoms with Crippen molar-refractivity contribution < 1.29 is 40.6 Å². The molecule has 1 atom stereocenters. The summed E-state index contributed by atoms with van der Waals surface area (Å²) in [5.74, 6) is 0.346. The van der Waals surface area contributed by atoms with E-state index in [1.807, 2.05) is 0 Å². The van der Waals surface area contributed by atoms with Gasteiger partial charge in [-0.05, 0) is 37.3 Å². The van der Waals surface area contributed by atoms with E-state index in [4.69, 9.17) is 14.2 Å². The first-order chi connectivity index (χ1) is 15.0. The highest BCUT2D eigenvalue weighted by Gasteiger charge is 2.33. The molecule has 0 bridgehead atoms. The molecule has 0 spiro atoms. The van der Waals surface area contributed by atoms with Crippen molar-refractivity contribution in [2.75, 3.05) is 25.0 Å². The van der Waals surface area contributed by atoms with Crippen LogP contribution >= 0.6 is 0 Å². The number of sulfonamides is 1. The zero-order valence-electron chi connectivity index (χ0n) is 17.2. The van der Waals surface area contributed by atoms with Crippen LogP contribution in [0.25, 0.3) is 0 Å². The molecule has 1 aliphatic heterocycles. The highest BCUT2D eigenvalue weighted by Crippen LogP contribution is 2.39. The minimum absolute atomic E-state index is 0.00531. The zero-order valence-corrected chi connectivity index (χ0v) is 18.0. The topological polar surface area (TPSA) is 103 Å². The molecule has 0 fully saturated rings. The summed E-state index contributed by atoms with van der Waals surface area (Å²) in [7, 11) is -2.91. The van der Waals surface area contributed by atoms with Crippen molar-refractivity contribution in [2.45, 2.75) is 30.5 Å². The second-order valence-electron chi connectivity index (χ2n) is 6.83. The summed E-state index contributed by atoms with van der Waals surface area (Å²) in [4.78, 5) is 11.4. The first-order valence-electron chi connectivity index (χ1n) is 9.51. The van der Waals surface area contributed by atoms with Crippen molar-refractivity contribution in [2.24, 2.45) is 0 Å². The Balaban J connectivity index is 1.92. The molecule has 0 aliphatic carbocycles. The van der Waals surface area contributed by atoms with Gasteiger partial charge in [-0.25, -0.2) is 13.2 Å². The van der Waals surface area contributed by atoms with Gasteiger partial charge in [-0.2, -0.15) is 13.2 Å². The third-order valence-electron chi connectivity index (χ3n) is 4.61. The number of nitrogens with one attached hydrogen (secondary N) is 2. The van der Waals surface area contributed by atoms with Crippen molar-refractivity contribution in [1.29, 1.82) is 0 Å². The quantitative estimate of drug-likeness (QED) is 0.664. The van der Waals surface area contributed by atoms with Gasteiger partial charge >= 0.3 is 12.3 Å². The maximum absolute atomic E-state index is 13.0. The molecule has 174 valence electrons. The number of halogens is 3. The molecule has 1 amide bonds. The van der Waals surface area contributed by atoms with Gasteiger partial charge in [0.25, 0.3) is 10.0 Å². The Kier molecular flexibility index (Phi) is 6.72. The van der Waals surface area contributed by atoms with Crippen molar-refractivity contribution in [1.82, 2.24) is 5.32 Å². The van der Waals surface area contributed by atoms with Crippen LogP contribution in [0.15, 0.2) is 41.3 Å². The summed E-state index contributed by atoms with van der Waals surface area (Å²) in [6, 6.07) is 6.02. The third kappa shape index (κ3) is 5.18. The monoisotopic (exact) mass is 474 g/mol. The molecule has 1 heterocycles. The minimum atomic E-state index is -4.62. The van der Waals surface area contributed by atoms with E-state index in [0.717, 1.165) is 12.1 Å². The van der Waals surface area contributed by atoms with Crippen molar-refractivity contribution in [3.8, 4) is 11.5 Å². The average Bonchev–Trinajstić information content (AvgIpc) is 2.72. The number of rotatable bonds is 6. The summed E-state index contributed by atoms with van der Waals surface area (Å²) in [6.45, 7) is 1.80. The summed E-state index contributed by atoms with van der Waals surface area (Å²) >= 11 is 0. The molecular formula is C20H21F3N2O6S. The van der Waals surface area contributed by atoms with Gasteiger partial charge in [0.2, 0.25) is 0 Å². The predicted molar refractivity (Wildman–Crippen MR) is 108 cm³/mol. The summed E-state index contributed by atoms with van der Waals surface area (Å²) in [5.41, 5.74) is -0.840. The second kappa shape index (κ2) is 9.15. The number of alkyl halides is 3. The Hall–Kier alpha value is -3.15. The van der Waals surface area contributed by atoms with E-state index in [-0.39, 0.29) is 36.0 Å². The van der Waals surface area contributed by atoms with Gasteiger partial charge in [0.1, 0.15) is 23.0 Å². The fourth-order valence-electron chi connectivity index (χ4n) is 3.23. The van der Waals surface area contributed by atoms with E-state index in [2.05, 4.69) is 10.0 Å². The predicted octanol–water partition coefficient (Wildman–Crippen LogP) is 3.56. The summed E-state index contributed by atoms with van der Waals surface area (Å²) < 4.78 is 82.8. The van der Waals surface area contributed by atoms with E-state index in [9.17, 15) is 26.4 Å². The number of carbonyl (C=O) groups is 1. The van der Waals surface area contributed by atoms with Crippen LogP contribution in [0.4, 0.5) is 23.7 Å². The lowest BCUT2D eigenvalue weighted by atomic mass is 10.0. The van der Waals surface area contributed by atoms with Crippen LogP contribution in [0.2, 0.25) is 0 Å². The molecule has 1 aliphatic rings. The first-order valence-corrected chi connectivity index (χ1v) is 11.0. The maximum atomic E-state index is 13.0. The van der Waals surface area contributed by atoms with E-state index in [1.165, 1.54) is 25.3 Å². The van der Waals surface area contributed by atoms with Crippen LogP contribution in [0.3, 0.4) is 0 Å². The molecule has 0 saturated heterocycles. The number of alkyl carbamates (subject to hydrolysis) is 1. The van der Waals surface area contributed by atoms with Gasteiger partial charge in [-0.15, -0.1) is 0 Å². The molecular weight excluding hydrogens is 453 g/mol. The Morgan fingerprint density at radius 1 is 1.25 bits per heavy atom. The van der Waals surface area contributed by atoms with Crippen LogP contribution in [-0.2, 0) is 27.4 Å². The molecule has 2 N–H and O–H groups in total. The highest BCUT2D eigenvalue weighted by molar-refractivity contribution is 7.92. The van der Waals surface area contributed by atoms with E-state index >= 15 is 0 Å². The fourth-order valence-corrected chi connectivity index (χ4v) is 4.45. The standard InChI is InChI=1S/C20H21F3N2O6S/c1-3-30-19(26)24-14-10-15-16(29-2)7-8-17(18(15)31-11-14)32(27,28)25-13-6-4-5-12(9-13)20(21,22)23/h4-9,14,25H,3,10-11H2,1-2H3,(H,24,26). The van der Waals surface area contributed by atoms with Crippen LogP contribution in [-0.4, -0.2) is 40.9 Å². The smallest absolute Gasteiger partial charge is 0.416 e. The molecule has 0 aromatic heterocycles. The molecule has 0 radical (unpaired) electrons. The van der Waals surface area contributed by atoms with E-state index < -0.39 is 33.9 Å². The Morgan fingerprint density at radius 3 is 2.66 bits per heavy atom. The first kappa shape index (κ1) is 23.5. The number of hydrogen-bond acceptors (Lipinski definition) is 6. The van der Waals surface area contributed by atoms with Gasteiger partial charge in [-0.3, -0.25) is 4.72 Å². The van der Waals surface area contributed by atoms with Gasteiger partial charge in [0, 0.05) is 17.7 Å². The van der Waals surface area contributed by atoms with Crippen molar-refractivity contribution in [3.05, 3.63) is 47.5 Å². The van der Waals surface area contributed by atoms with Gasteiger partial charge in [0.05, 0.1) is 25.3 Å². The third-order valence-corrected chi connectivity index (χ3v) is 6.01. The Morgan fingerprint density at radius 2 is 2.00 bits per heavy atom. The van der Waals surface area contributed by atoms with Gasteiger partial charge in [0.15, 0.2) is 0 Å². The molecule has 2 aromatic rings. The number of carbonyl (C=O) groups excluding carboxylic acids is 1. The molecule has 1 unspecified atom stereocenters. The minimum Gasteiger partial charge on any atom is -0.496 e. The fraction of sp³-hybridized carbons (Fsp3) is 0.350. The lowest BCUT2D eigenvalue weighted by Crippen LogP contribution is -2.43. The van der Waals surface area contributed by atoms with Crippen molar-refractivity contribution in [3.63, 3.8) is 0 Å². The van der Waals surface area contributed by atoms with Crippen molar-refractivity contribution >= 4 is 21.8 Å². The maximum Gasteiger partial charge on any atom is 0.416 e. The number of ether oxygens (including phenoxy) is 3. The molecule has 12 heteroatoms. The van der Waals surface area contributed by atoms with Crippen LogP contribution in [0, 0.1) is 0 Å². The highest BCUT2D eigenvalue weighted by atomic mass is 32.2. The average molecular weight is 474 g/mol. The largest absolute Gasteiger partial charge is 0.496 e. The molecule has 32 heavy (non-hydrogen) atoms. The van der Waals surface area contributed by atoms with Gasteiger partial charge in [-0.1, -0.05) is 6.07 Å². The number of methoxy groups -OCH3 is 1. The van der Waals surface area contributed by atoms with E-state index in [0.29, 0.717) is 17.4 Å². The van der Waals surface area contributed by atoms with Crippen LogP contribution in [0.5, 0.6) is 11.5 Å². The summed E-state index contributed by atoms with van der Waals surface area (Å²) in [5, 5.41) is 2.62. The number of hydrogen-bond donors (Lipinski definition) is 2.